The highest BCUT2D eigenvalue weighted by Crippen LogP contribution is 2.61. The fourth-order valence-corrected chi connectivity index (χ4v) is 5.64. The molecule has 0 aromatic heterocycles. The summed E-state index contributed by atoms with van der Waals surface area (Å²) in [5, 5.41) is 3.25. The SMILES string of the molecule is CC(C)C(C)(CN)NC(=O)CC12CC3CC(CC(C3)C1)C2. The summed E-state index contributed by atoms with van der Waals surface area (Å²) in [6.07, 6.45) is 8.95. The van der Waals surface area contributed by atoms with Crippen molar-refractivity contribution in [1.82, 2.24) is 5.32 Å². The largest absolute Gasteiger partial charge is 0.349 e. The topological polar surface area (TPSA) is 55.1 Å². The maximum absolute atomic E-state index is 12.6. The molecule has 0 aromatic rings. The Bertz CT molecular complexity index is 382. The number of nitrogens with two attached hydrogens (primary N) is 1. The van der Waals surface area contributed by atoms with E-state index in [1.54, 1.807) is 0 Å². The van der Waals surface area contributed by atoms with Crippen LogP contribution in [0.1, 0.15) is 65.7 Å². The number of amides is 1. The first-order chi connectivity index (χ1) is 9.84. The first-order valence-corrected chi connectivity index (χ1v) is 8.85. The molecule has 3 nitrogen and oxygen atoms in total. The molecule has 120 valence electrons. The molecule has 0 radical (unpaired) electrons. The minimum Gasteiger partial charge on any atom is -0.349 e. The Morgan fingerprint density at radius 1 is 1.19 bits per heavy atom. The van der Waals surface area contributed by atoms with Gasteiger partial charge in [0.05, 0.1) is 5.54 Å². The van der Waals surface area contributed by atoms with Crippen LogP contribution in [0.3, 0.4) is 0 Å². The van der Waals surface area contributed by atoms with Crippen molar-refractivity contribution in [3.05, 3.63) is 0 Å². The molecule has 1 amide bonds. The lowest BCUT2D eigenvalue weighted by molar-refractivity contribution is -0.131. The average Bonchev–Trinajstić information content (AvgIpc) is 2.35. The van der Waals surface area contributed by atoms with Crippen LogP contribution in [-0.2, 0) is 4.79 Å². The highest BCUT2D eigenvalue weighted by Gasteiger charge is 2.51. The summed E-state index contributed by atoms with van der Waals surface area (Å²) >= 11 is 0. The molecule has 0 aromatic carbocycles. The molecule has 1 unspecified atom stereocenters. The summed E-state index contributed by atoms with van der Waals surface area (Å²) < 4.78 is 0. The summed E-state index contributed by atoms with van der Waals surface area (Å²) in [6, 6.07) is 0. The third-order valence-corrected chi connectivity index (χ3v) is 6.82. The van der Waals surface area contributed by atoms with Gasteiger partial charge in [0.2, 0.25) is 5.91 Å². The van der Waals surface area contributed by atoms with Gasteiger partial charge < -0.3 is 11.1 Å². The highest BCUT2D eigenvalue weighted by molar-refractivity contribution is 5.77. The van der Waals surface area contributed by atoms with Crippen molar-refractivity contribution in [3.63, 3.8) is 0 Å². The van der Waals surface area contributed by atoms with Gasteiger partial charge in [0.1, 0.15) is 0 Å². The van der Waals surface area contributed by atoms with Crippen molar-refractivity contribution >= 4 is 5.91 Å². The summed E-state index contributed by atoms with van der Waals surface area (Å²) in [4.78, 5) is 12.6. The van der Waals surface area contributed by atoms with Crippen LogP contribution in [0, 0.1) is 29.1 Å². The van der Waals surface area contributed by atoms with Crippen molar-refractivity contribution in [2.45, 2.75) is 71.3 Å². The molecule has 21 heavy (non-hydrogen) atoms. The van der Waals surface area contributed by atoms with E-state index in [0.29, 0.717) is 17.9 Å². The standard InChI is InChI=1S/C18H32N2O/c1-12(2)17(3,11-19)20-16(21)10-18-7-13-4-14(8-18)6-15(5-13)9-18/h12-15H,4-11,19H2,1-3H3,(H,20,21). The van der Waals surface area contributed by atoms with E-state index in [-0.39, 0.29) is 11.4 Å². The summed E-state index contributed by atoms with van der Waals surface area (Å²) in [7, 11) is 0. The molecule has 1 atom stereocenters. The first kappa shape index (κ1) is 15.3. The molecule has 0 aliphatic heterocycles. The van der Waals surface area contributed by atoms with Crippen molar-refractivity contribution in [3.8, 4) is 0 Å². The smallest absolute Gasteiger partial charge is 0.221 e. The Balaban J connectivity index is 1.65. The van der Waals surface area contributed by atoms with Gasteiger partial charge in [-0.15, -0.1) is 0 Å². The monoisotopic (exact) mass is 292 g/mol. The lowest BCUT2D eigenvalue weighted by Crippen LogP contribution is -2.56. The molecule has 0 heterocycles. The predicted octanol–water partition coefficient (Wildman–Crippen LogP) is 3.08. The average molecular weight is 292 g/mol. The van der Waals surface area contributed by atoms with Gasteiger partial charge in [0.25, 0.3) is 0 Å². The Hall–Kier alpha value is -0.570. The molecule has 4 aliphatic rings. The van der Waals surface area contributed by atoms with E-state index >= 15 is 0 Å². The van der Waals surface area contributed by atoms with Gasteiger partial charge in [-0.1, -0.05) is 13.8 Å². The molecule has 4 rings (SSSR count). The van der Waals surface area contributed by atoms with Gasteiger partial charge in [0.15, 0.2) is 0 Å². The Labute approximate surface area is 129 Å². The van der Waals surface area contributed by atoms with Gasteiger partial charge >= 0.3 is 0 Å². The van der Waals surface area contributed by atoms with E-state index in [0.717, 1.165) is 24.2 Å². The van der Waals surface area contributed by atoms with Crippen LogP contribution in [0.15, 0.2) is 0 Å². The summed E-state index contributed by atoms with van der Waals surface area (Å²) in [5.41, 5.74) is 5.96. The minimum absolute atomic E-state index is 0.235. The zero-order valence-corrected chi connectivity index (χ0v) is 14.0. The van der Waals surface area contributed by atoms with Gasteiger partial charge in [-0.2, -0.15) is 0 Å². The molecule has 4 bridgehead atoms. The molecule has 4 saturated carbocycles. The third-order valence-electron chi connectivity index (χ3n) is 6.82. The van der Waals surface area contributed by atoms with Gasteiger partial charge in [0, 0.05) is 13.0 Å². The molecule has 4 fully saturated rings. The molecule has 0 spiro atoms. The number of carbonyl (C=O) groups is 1. The van der Waals surface area contributed by atoms with Crippen LogP contribution >= 0.6 is 0 Å². The zero-order valence-electron chi connectivity index (χ0n) is 14.0. The van der Waals surface area contributed by atoms with Crippen LogP contribution in [0.4, 0.5) is 0 Å². The molecule has 0 saturated heterocycles. The highest BCUT2D eigenvalue weighted by atomic mass is 16.1. The molecular weight excluding hydrogens is 260 g/mol. The maximum Gasteiger partial charge on any atom is 0.221 e. The van der Waals surface area contributed by atoms with Gasteiger partial charge in [-0.05, 0) is 74.5 Å². The number of hydrogen-bond donors (Lipinski definition) is 2. The molecular formula is C18H32N2O. The molecule has 4 aliphatic carbocycles. The van der Waals surface area contributed by atoms with Crippen LogP contribution < -0.4 is 11.1 Å². The molecule has 3 heteroatoms. The number of hydrogen-bond acceptors (Lipinski definition) is 2. The predicted molar refractivity (Wildman–Crippen MR) is 85.7 cm³/mol. The zero-order chi connectivity index (χ0) is 15.3. The van der Waals surface area contributed by atoms with E-state index in [1.807, 2.05) is 0 Å². The summed E-state index contributed by atoms with van der Waals surface area (Å²) in [6.45, 7) is 6.86. The van der Waals surface area contributed by atoms with E-state index in [4.69, 9.17) is 5.73 Å². The van der Waals surface area contributed by atoms with Crippen LogP contribution in [0.25, 0.3) is 0 Å². The fourth-order valence-electron chi connectivity index (χ4n) is 5.64. The molecule has 3 N–H and O–H groups in total. The van der Waals surface area contributed by atoms with Crippen molar-refractivity contribution in [1.29, 1.82) is 0 Å². The van der Waals surface area contributed by atoms with E-state index in [9.17, 15) is 4.79 Å². The third kappa shape index (κ3) is 2.86. The first-order valence-electron chi connectivity index (χ1n) is 8.85. The number of rotatable bonds is 5. The van der Waals surface area contributed by atoms with Crippen molar-refractivity contribution < 1.29 is 4.79 Å². The van der Waals surface area contributed by atoms with Gasteiger partial charge in [-0.3, -0.25) is 4.79 Å². The van der Waals surface area contributed by atoms with E-state index < -0.39 is 0 Å². The van der Waals surface area contributed by atoms with Crippen molar-refractivity contribution in [2.75, 3.05) is 6.54 Å². The van der Waals surface area contributed by atoms with Crippen LogP contribution in [0.5, 0.6) is 0 Å². The lowest BCUT2D eigenvalue weighted by Gasteiger charge is -2.56. The lowest BCUT2D eigenvalue weighted by atomic mass is 9.49. The fraction of sp³-hybridized carbons (Fsp3) is 0.944. The Morgan fingerprint density at radius 2 is 1.67 bits per heavy atom. The second-order valence-corrected chi connectivity index (χ2v) is 8.92. The van der Waals surface area contributed by atoms with Gasteiger partial charge in [-0.25, -0.2) is 0 Å². The van der Waals surface area contributed by atoms with E-state index in [2.05, 4.69) is 26.1 Å². The quantitative estimate of drug-likeness (QED) is 0.818. The van der Waals surface area contributed by atoms with Crippen molar-refractivity contribution in [2.24, 2.45) is 34.8 Å². The van der Waals surface area contributed by atoms with Crippen LogP contribution in [-0.4, -0.2) is 18.0 Å². The second-order valence-electron chi connectivity index (χ2n) is 8.92. The maximum atomic E-state index is 12.6. The van der Waals surface area contributed by atoms with E-state index in [1.165, 1.54) is 38.5 Å². The van der Waals surface area contributed by atoms with Crippen LogP contribution in [0.2, 0.25) is 0 Å². The number of carbonyl (C=O) groups excluding carboxylic acids is 1. The summed E-state index contributed by atoms with van der Waals surface area (Å²) in [5.74, 6) is 3.33. The number of nitrogens with one attached hydrogen (secondary N) is 1. The Morgan fingerprint density at radius 3 is 2.05 bits per heavy atom. The normalized spacial score (nSPS) is 40.3. The second kappa shape index (κ2) is 5.26. The minimum atomic E-state index is -0.265. The Kier molecular flexibility index (Phi) is 3.84.